The third-order valence-electron chi connectivity index (χ3n) is 4.04. The Balaban J connectivity index is 1.68. The lowest BCUT2D eigenvalue weighted by Gasteiger charge is -2.20. The van der Waals surface area contributed by atoms with E-state index in [1.165, 1.54) is 0 Å². The van der Waals surface area contributed by atoms with Gasteiger partial charge in [0.2, 0.25) is 0 Å². The van der Waals surface area contributed by atoms with Crippen molar-refractivity contribution in [2.24, 2.45) is 7.05 Å². The molecular formula is C14H19N5O3. The minimum absolute atomic E-state index is 0.187. The molecule has 3 heterocycles. The zero-order valence-corrected chi connectivity index (χ0v) is 12.6. The molecule has 0 saturated carbocycles. The fourth-order valence-electron chi connectivity index (χ4n) is 2.47. The average molecular weight is 305 g/mol. The van der Waals surface area contributed by atoms with Crippen molar-refractivity contribution in [2.45, 2.75) is 18.9 Å². The van der Waals surface area contributed by atoms with Crippen LogP contribution in [0.3, 0.4) is 0 Å². The van der Waals surface area contributed by atoms with E-state index in [-0.39, 0.29) is 18.1 Å². The summed E-state index contributed by atoms with van der Waals surface area (Å²) in [6.07, 6.45) is 2.29. The van der Waals surface area contributed by atoms with Crippen molar-refractivity contribution < 1.29 is 14.4 Å². The number of β-amino-alcohol motifs (C(OH)–C–C–N with tert-alkyl or cyclic N) is 1. The second kappa shape index (κ2) is 5.54. The van der Waals surface area contributed by atoms with Gasteiger partial charge >= 0.3 is 0 Å². The van der Waals surface area contributed by atoms with Gasteiger partial charge in [0.25, 0.3) is 5.91 Å². The number of nitrogens with zero attached hydrogens (tertiary/aromatic N) is 3. The Hall–Kier alpha value is -2.19. The number of aliphatic hydroxyl groups is 1. The molecule has 3 N–H and O–H groups in total. The first-order valence-corrected chi connectivity index (χ1v) is 7.15. The summed E-state index contributed by atoms with van der Waals surface area (Å²) in [5.74, 6) is 0.133. The van der Waals surface area contributed by atoms with Gasteiger partial charge in [-0.3, -0.25) is 9.48 Å². The first-order chi connectivity index (χ1) is 10.5. The van der Waals surface area contributed by atoms with Gasteiger partial charge in [0.15, 0.2) is 11.5 Å². The van der Waals surface area contributed by atoms with Gasteiger partial charge in [-0.2, -0.15) is 5.10 Å². The van der Waals surface area contributed by atoms with Crippen molar-refractivity contribution in [2.75, 3.05) is 19.6 Å². The monoisotopic (exact) mass is 305 g/mol. The van der Waals surface area contributed by atoms with Crippen molar-refractivity contribution in [3.63, 3.8) is 0 Å². The predicted octanol–water partition coefficient (Wildman–Crippen LogP) is -0.162. The summed E-state index contributed by atoms with van der Waals surface area (Å²) in [4.78, 5) is 12.1. The van der Waals surface area contributed by atoms with Crippen LogP contribution in [0.25, 0.3) is 11.3 Å². The van der Waals surface area contributed by atoms with Crippen molar-refractivity contribution in [1.29, 1.82) is 0 Å². The van der Waals surface area contributed by atoms with Crippen LogP contribution in [-0.2, 0) is 7.05 Å². The van der Waals surface area contributed by atoms with E-state index < -0.39 is 5.60 Å². The van der Waals surface area contributed by atoms with Gasteiger partial charge in [0, 0.05) is 31.9 Å². The molecule has 0 aliphatic carbocycles. The molecule has 22 heavy (non-hydrogen) atoms. The van der Waals surface area contributed by atoms with E-state index in [2.05, 4.69) is 20.9 Å². The number of aryl methyl sites for hydroxylation is 1. The molecule has 1 unspecified atom stereocenters. The number of hydrogen-bond acceptors (Lipinski definition) is 6. The van der Waals surface area contributed by atoms with E-state index >= 15 is 0 Å². The maximum atomic E-state index is 12.1. The summed E-state index contributed by atoms with van der Waals surface area (Å²) in [5, 5.41) is 23.9. The first-order valence-electron chi connectivity index (χ1n) is 7.15. The Bertz CT molecular complexity index is 684. The molecule has 1 aliphatic heterocycles. The number of amides is 1. The minimum Gasteiger partial charge on any atom is -0.387 e. The second-order valence-electron chi connectivity index (χ2n) is 5.68. The summed E-state index contributed by atoms with van der Waals surface area (Å²) < 4.78 is 6.95. The topological polar surface area (TPSA) is 105 Å². The highest BCUT2D eigenvalue weighted by Crippen LogP contribution is 2.23. The largest absolute Gasteiger partial charge is 0.387 e. The lowest BCUT2D eigenvalue weighted by atomic mass is 10.0. The van der Waals surface area contributed by atoms with E-state index in [1.807, 2.05) is 14.0 Å². The molecule has 3 rings (SSSR count). The molecule has 8 heteroatoms. The van der Waals surface area contributed by atoms with Crippen molar-refractivity contribution in [3.8, 4) is 11.3 Å². The molecule has 1 saturated heterocycles. The van der Waals surface area contributed by atoms with Gasteiger partial charge in [-0.15, -0.1) is 0 Å². The van der Waals surface area contributed by atoms with E-state index in [1.54, 1.807) is 16.9 Å². The van der Waals surface area contributed by atoms with Crippen LogP contribution in [-0.4, -0.2) is 51.2 Å². The summed E-state index contributed by atoms with van der Waals surface area (Å²) in [6.45, 7) is 3.33. The molecule has 1 amide bonds. The SMILES string of the molecule is Cc1c(-c2cc(C(=O)NCC3(O)CCNC3)no2)cnn1C. The maximum absolute atomic E-state index is 12.1. The molecule has 0 radical (unpaired) electrons. The van der Waals surface area contributed by atoms with Crippen LogP contribution in [0.5, 0.6) is 0 Å². The van der Waals surface area contributed by atoms with E-state index in [0.717, 1.165) is 17.8 Å². The fourth-order valence-corrected chi connectivity index (χ4v) is 2.47. The summed E-state index contributed by atoms with van der Waals surface area (Å²) in [6, 6.07) is 1.58. The van der Waals surface area contributed by atoms with E-state index in [0.29, 0.717) is 18.7 Å². The Morgan fingerprint density at radius 1 is 1.64 bits per heavy atom. The van der Waals surface area contributed by atoms with E-state index in [9.17, 15) is 9.90 Å². The summed E-state index contributed by atoms with van der Waals surface area (Å²) >= 11 is 0. The maximum Gasteiger partial charge on any atom is 0.273 e. The van der Waals surface area contributed by atoms with Crippen molar-refractivity contribution in [1.82, 2.24) is 25.6 Å². The predicted molar refractivity (Wildman–Crippen MR) is 78.2 cm³/mol. The molecule has 2 aromatic heterocycles. The quantitative estimate of drug-likeness (QED) is 0.725. The van der Waals surface area contributed by atoms with Gasteiger partial charge in [-0.25, -0.2) is 0 Å². The first kappa shape index (κ1) is 14.7. The smallest absolute Gasteiger partial charge is 0.273 e. The second-order valence-corrected chi connectivity index (χ2v) is 5.68. The molecule has 1 fully saturated rings. The van der Waals surface area contributed by atoms with Crippen LogP contribution in [0.15, 0.2) is 16.8 Å². The van der Waals surface area contributed by atoms with Gasteiger partial charge < -0.3 is 20.3 Å². The van der Waals surface area contributed by atoms with Crippen LogP contribution in [0, 0.1) is 6.92 Å². The minimum atomic E-state index is -0.887. The normalized spacial score (nSPS) is 21.2. The molecule has 1 aliphatic rings. The third-order valence-corrected chi connectivity index (χ3v) is 4.04. The van der Waals surface area contributed by atoms with Gasteiger partial charge in [-0.05, 0) is 19.9 Å². The zero-order chi connectivity index (χ0) is 15.7. The van der Waals surface area contributed by atoms with Crippen LogP contribution < -0.4 is 10.6 Å². The van der Waals surface area contributed by atoms with E-state index in [4.69, 9.17) is 4.52 Å². The van der Waals surface area contributed by atoms with Gasteiger partial charge in [-0.1, -0.05) is 5.16 Å². The van der Waals surface area contributed by atoms with Gasteiger partial charge in [0.1, 0.15) is 0 Å². The van der Waals surface area contributed by atoms with Crippen LogP contribution >= 0.6 is 0 Å². The lowest BCUT2D eigenvalue weighted by molar-refractivity contribution is 0.0559. The summed E-state index contributed by atoms with van der Waals surface area (Å²) in [5.41, 5.74) is 1.03. The zero-order valence-electron chi connectivity index (χ0n) is 12.6. The molecular weight excluding hydrogens is 286 g/mol. The standard InChI is InChI=1S/C14H19N5O3/c1-9-10(6-17-19(9)2)12-5-11(18-22-12)13(20)16-8-14(21)3-4-15-7-14/h5-6,15,21H,3-4,7-8H2,1-2H3,(H,16,20). The number of carbonyl (C=O) groups excluding carboxylic acids is 1. The highest BCUT2D eigenvalue weighted by atomic mass is 16.5. The van der Waals surface area contributed by atoms with Gasteiger partial charge in [0.05, 0.1) is 17.4 Å². The Morgan fingerprint density at radius 3 is 3.09 bits per heavy atom. The highest BCUT2D eigenvalue weighted by molar-refractivity contribution is 5.93. The molecule has 0 bridgehead atoms. The van der Waals surface area contributed by atoms with Crippen LogP contribution in [0.4, 0.5) is 0 Å². The van der Waals surface area contributed by atoms with Crippen molar-refractivity contribution >= 4 is 5.91 Å². The Labute approximate surface area is 127 Å². The van der Waals surface area contributed by atoms with Crippen LogP contribution in [0.2, 0.25) is 0 Å². The number of hydrogen-bond donors (Lipinski definition) is 3. The number of carbonyl (C=O) groups is 1. The Morgan fingerprint density at radius 2 is 2.45 bits per heavy atom. The van der Waals surface area contributed by atoms with Crippen LogP contribution in [0.1, 0.15) is 22.6 Å². The molecule has 118 valence electrons. The molecule has 8 nitrogen and oxygen atoms in total. The third kappa shape index (κ3) is 2.75. The lowest BCUT2D eigenvalue weighted by Crippen LogP contribution is -2.44. The molecule has 0 aromatic carbocycles. The number of rotatable bonds is 4. The molecule has 2 aromatic rings. The average Bonchev–Trinajstić information content (AvgIpc) is 3.20. The number of aromatic nitrogens is 3. The number of nitrogens with one attached hydrogen (secondary N) is 2. The Kier molecular flexibility index (Phi) is 3.71. The van der Waals surface area contributed by atoms with Crippen molar-refractivity contribution in [3.05, 3.63) is 23.7 Å². The highest BCUT2D eigenvalue weighted by Gasteiger charge is 2.31. The molecule has 0 spiro atoms. The molecule has 1 atom stereocenters. The summed E-state index contributed by atoms with van der Waals surface area (Å²) in [7, 11) is 1.83. The fraction of sp³-hybridized carbons (Fsp3) is 0.500.